The molecule has 0 aliphatic carbocycles. The average Bonchev–Trinajstić information content (AvgIpc) is 3.35. The van der Waals surface area contributed by atoms with Crippen molar-refractivity contribution >= 4 is 39.1 Å². The van der Waals surface area contributed by atoms with Crippen molar-refractivity contribution < 1.29 is 32.6 Å². The number of hydrogen-bond donors (Lipinski definition) is 1. The molecule has 41 heavy (non-hydrogen) atoms. The molecule has 11 nitrogen and oxygen atoms in total. The van der Waals surface area contributed by atoms with Crippen LogP contribution in [0.4, 0.5) is 5.69 Å². The van der Waals surface area contributed by atoms with E-state index >= 15 is 0 Å². The minimum absolute atomic E-state index is 0.0218. The molecule has 2 fully saturated rings. The van der Waals surface area contributed by atoms with E-state index in [4.69, 9.17) is 4.74 Å². The summed E-state index contributed by atoms with van der Waals surface area (Å²) >= 11 is 0. The van der Waals surface area contributed by atoms with Crippen molar-refractivity contribution in [2.45, 2.75) is 23.8 Å². The quantitative estimate of drug-likeness (QED) is 0.283. The van der Waals surface area contributed by atoms with E-state index in [-0.39, 0.29) is 35.7 Å². The lowest BCUT2D eigenvalue weighted by atomic mass is 9.82. The second-order valence-electron chi connectivity index (χ2n) is 10.5. The van der Waals surface area contributed by atoms with Crippen LogP contribution in [0.15, 0.2) is 59.0 Å². The van der Waals surface area contributed by atoms with Gasteiger partial charge in [-0.15, -0.1) is 0 Å². The molecule has 3 aliphatic rings. The van der Waals surface area contributed by atoms with E-state index in [2.05, 4.69) is 0 Å². The third-order valence-corrected chi connectivity index (χ3v) is 9.68. The van der Waals surface area contributed by atoms with E-state index in [1.807, 2.05) is 25.9 Å². The van der Waals surface area contributed by atoms with Crippen LogP contribution in [-0.2, 0) is 34.7 Å². The van der Waals surface area contributed by atoms with Crippen LogP contribution in [0.2, 0.25) is 0 Å². The number of aliphatic hydroxyl groups excluding tert-OH is 1. The van der Waals surface area contributed by atoms with Crippen molar-refractivity contribution in [3.05, 3.63) is 65.2 Å². The van der Waals surface area contributed by atoms with Crippen LogP contribution in [0.1, 0.15) is 24.5 Å². The number of anilines is 1. The number of likely N-dealkylation sites (N-methyl/N-ethyl adjacent to an activating group) is 1. The first-order valence-electron chi connectivity index (χ1n) is 13.6. The molecule has 0 saturated carbocycles. The number of amides is 2. The highest BCUT2D eigenvalue weighted by molar-refractivity contribution is 7.89. The molecule has 1 atom stereocenters. The number of ether oxygens (including phenoxy) is 1. The number of ketones is 1. The topological polar surface area (TPSA) is 128 Å². The Morgan fingerprint density at radius 3 is 2.29 bits per heavy atom. The molecular weight excluding hydrogens is 548 g/mol. The molecule has 1 N–H and O–H groups in total. The molecule has 2 aromatic rings. The van der Waals surface area contributed by atoms with Crippen LogP contribution in [0, 0.1) is 0 Å². The summed E-state index contributed by atoms with van der Waals surface area (Å²) in [7, 11) is -0.145. The number of hydrogen-bond acceptors (Lipinski definition) is 8. The zero-order chi connectivity index (χ0) is 29.5. The first-order chi connectivity index (χ1) is 19.6. The molecule has 3 aliphatic heterocycles. The van der Waals surface area contributed by atoms with Gasteiger partial charge >= 0.3 is 0 Å². The number of para-hydroxylation sites is 1. The van der Waals surface area contributed by atoms with Gasteiger partial charge in [0.05, 0.1) is 29.4 Å². The van der Waals surface area contributed by atoms with Crippen LogP contribution in [0.25, 0.3) is 5.76 Å². The Hall–Kier alpha value is -3.58. The molecule has 5 rings (SSSR count). The highest BCUT2D eigenvalue weighted by atomic mass is 32.2. The van der Waals surface area contributed by atoms with Gasteiger partial charge in [-0.25, -0.2) is 8.42 Å². The molecule has 0 bridgehead atoms. The molecule has 218 valence electrons. The molecule has 0 radical (unpaired) electrons. The number of rotatable bonds is 8. The summed E-state index contributed by atoms with van der Waals surface area (Å²) in [6.45, 7) is 3.82. The summed E-state index contributed by atoms with van der Waals surface area (Å²) in [5.74, 6) is -2.85. The number of benzene rings is 2. The summed E-state index contributed by atoms with van der Waals surface area (Å²) in [6, 6.07) is 12.5. The fourth-order valence-electron chi connectivity index (χ4n) is 5.78. The van der Waals surface area contributed by atoms with Gasteiger partial charge in [-0.1, -0.05) is 25.1 Å². The maximum atomic E-state index is 14.4. The Kier molecular flexibility index (Phi) is 7.77. The molecule has 1 spiro atoms. The van der Waals surface area contributed by atoms with Crippen molar-refractivity contribution in [2.24, 2.45) is 0 Å². The van der Waals surface area contributed by atoms with Gasteiger partial charge in [0, 0.05) is 43.9 Å². The maximum absolute atomic E-state index is 14.4. The van der Waals surface area contributed by atoms with E-state index in [1.54, 1.807) is 29.2 Å². The largest absolute Gasteiger partial charge is 0.507 e. The Bertz CT molecular complexity index is 1510. The number of aliphatic hydroxyl groups is 1. The van der Waals surface area contributed by atoms with Crippen LogP contribution in [0.3, 0.4) is 0 Å². The number of Topliss-reactive ketones (excluding diaryl/α,β-unsaturated/α-hetero) is 1. The monoisotopic (exact) mass is 582 g/mol. The van der Waals surface area contributed by atoms with E-state index < -0.39 is 38.9 Å². The second-order valence-corrected chi connectivity index (χ2v) is 12.5. The van der Waals surface area contributed by atoms with Crippen molar-refractivity contribution in [1.82, 2.24) is 14.1 Å². The zero-order valence-electron chi connectivity index (χ0n) is 23.4. The lowest BCUT2D eigenvalue weighted by molar-refractivity contribution is -0.143. The third kappa shape index (κ3) is 4.55. The minimum atomic E-state index is -3.79. The number of carbonyl (C=O) groups is 3. The number of likely N-dealkylation sites (tertiary alicyclic amines) is 1. The number of sulfonamides is 1. The summed E-state index contributed by atoms with van der Waals surface area (Å²) in [5.41, 5.74) is -1.02. The predicted octanol–water partition coefficient (Wildman–Crippen LogP) is 1.60. The first-order valence-corrected chi connectivity index (χ1v) is 15.0. The summed E-state index contributed by atoms with van der Waals surface area (Å²) in [6.07, 6.45) is 0.639. The molecule has 2 aromatic carbocycles. The Labute approximate surface area is 239 Å². The molecule has 2 saturated heterocycles. The number of carbonyl (C=O) groups excluding carboxylic acids is 3. The molecule has 12 heteroatoms. The van der Waals surface area contributed by atoms with Gasteiger partial charge < -0.3 is 24.5 Å². The molecule has 0 aromatic heterocycles. The highest BCUT2D eigenvalue weighted by Gasteiger charge is 2.66. The molecule has 3 heterocycles. The Balaban J connectivity index is 1.67. The van der Waals surface area contributed by atoms with Gasteiger partial charge in [-0.2, -0.15) is 4.31 Å². The van der Waals surface area contributed by atoms with Gasteiger partial charge in [0.15, 0.2) is 5.54 Å². The highest BCUT2D eigenvalue weighted by Crippen LogP contribution is 2.53. The molecule has 2 amide bonds. The lowest BCUT2D eigenvalue weighted by Gasteiger charge is -2.35. The van der Waals surface area contributed by atoms with E-state index in [0.717, 1.165) is 0 Å². The second kappa shape index (κ2) is 11.0. The summed E-state index contributed by atoms with van der Waals surface area (Å²) in [5, 5.41) is 11.7. The minimum Gasteiger partial charge on any atom is -0.507 e. The van der Waals surface area contributed by atoms with Crippen LogP contribution < -0.4 is 4.90 Å². The standard InChI is InChI=1S/C29H34N4O7S/c1-4-13-32-23-8-6-5-7-22(23)29(28(32)37)24(26(35)27(36)33(29)15-14-30(2)3)25(34)20-9-11-21(12-10-20)41(38,39)31-16-18-40-19-17-31/h5-12,34H,4,13-19H2,1-3H3/t29-/m1/s1. The van der Waals surface area contributed by atoms with E-state index in [1.165, 1.54) is 33.5 Å². The Morgan fingerprint density at radius 2 is 1.66 bits per heavy atom. The van der Waals surface area contributed by atoms with Gasteiger partial charge in [-0.05, 0) is 50.8 Å². The normalized spacial score (nSPS) is 22.8. The van der Waals surface area contributed by atoms with Gasteiger partial charge in [-0.3, -0.25) is 14.4 Å². The smallest absolute Gasteiger partial charge is 0.296 e. The molecular formula is C29H34N4O7S. The first kappa shape index (κ1) is 28.9. The number of morpholine rings is 1. The van der Waals surface area contributed by atoms with Crippen molar-refractivity contribution in [1.29, 1.82) is 0 Å². The number of fused-ring (bicyclic) bond motifs is 2. The van der Waals surface area contributed by atoms with Gasteiger partial charge in [0.2, 0.25) is 10.0 Å². The van der Waals surface area contributed by atoms with Gasteiger partial charge in [0.1, 0.15) is 5.76 Å². The van der Waals surface area contributed by atoms with Crippen molar-refractivity contribution in [3.63, 3.8) is 0 Å². The van der Waals surface area contributed by atoms with Gasteiger partial charge in [0.25, 0.3) is 17.6 Å². The fraction of sp³-hybridized carbons (Fsp3) is 0.414. The van der Waals surface area contributed by atoms with Crippen molar-refractivity contribution in [3.8, 4) is 0 Å². The summed E-state index contributed by atoms with van der Waals surface area (Å²) < 4.78 is 32.8. The Morgan fingerprint density at radius 1 is 1.00 bits per heavy atom. The van der Waals surface area contributed by atoms with E-state index in [9.17, 15) is 27.9 Å². The van der Waals surface area contributed by atoms with Crippen LogP contribution in [-0.4, -0.2) is 105 Å². The van der Waals surface area contributed by atoms with Crippen LogP contribution in [0.5, 0.6) is 0 Å². The van der Waals surface area contributed by atoms with E-state index in [0.29, 0.717) is 44.0 Å². The lowest BCUT2D eigenvalue weighted by Crippen LogP contribution is -2.53. The SMILES string of the molecule is CCCN1C(=O)[C@]2(C(=C(O)c3ccc(S(=O)(=O)N4CCOCC4)cc3)C(=O)C(=O)N2CCN(C)C)c2ccccc21. The van der Waals surface area contributed by atoms with Crippen LogP contribution >= 0.6 is 0 Å². The zero-order valence-corrected chi connectivity index (χ0v) is 24.2. The average molecular weight is 583 g/mol. The predicted molar refractivity (Wildman–Crippen MR) is 152 cm³/mol. The maximum Gasteiger partial charge on any atom is 0.296 e. The molecule has 0 unspecified atom stereocenters. The van der Waals surface area contributed by atoms with Crippen molar-refractivity contribution in [2.75, 3.05) is 64.9 Å². The number of nitrogens with zero attached hydrogens (tertiary/aromatic N) is 4. The fourth-order valence-corrected chi connectivity index (χ4v) is 7.19. The summed E-state index contributed by atoms with van der Waals surface area (Å²) in [4.78, 5) is 46.3. The third-order valence-electron chi connectivity index (χ3n) is 7.76.